The Balaban J connectivity index is 1.48. The predicted molar refractivity (Wildman–Crippen MR) is 136 cm³/mol. The number of amides is 2. The van der Waals surface area contributed by atoms with Crippen LogP contribution in [0.3, 0.4) is 0 Å². The molecular formula is C27H38N4O2. The number of benzene rings is 2. The molecule has 6 nitrogen and oxygen atoms in total. The van der Waals surface area contributed by atoms with Crippen LogP contribution in [0.5, 0.6) is 0 Å². The normalized spacial score (nSPS) is 15.5. The molecule has 1 aliphatic heterocycles. The Morgan fingerprint density at radius 2 is 1.67 bits per heavy atom. The lowest BCUT2D eigenvalue weighted by atomic mass is 10.1. The highest BCUT2D eigenvalue weighted by molar-refractivity contribution is 5.89. The first-order chi connectivity index (χ1) is 16.0. The molecule has 3 rings (SSSR count). The maximum atomic E-state index is 12.4. The molecule has 2 aromatic rings. The highest BCUT2D eigenvalue weighted by Gasteiger charge is 2.33. The first-order valence-corrected chi connectivity index (χ1v) is 12.3. The molecule has 1 unspecified atom stereocenters. The van der Waals surface area contributed by atoms with Crippen molar-refractivity contribution < 1.29 is 9.59 Å². The second-order valence-corrected chi connectivity index (χ2v) is 8.71. The van der Waals surface area contributed by atoms with E-state index < -0.39 is 0 Å². The van der Waals surface area contributed by atoms with Gasteiger partial charge in [-0.2, -0.15) is 0 Å². The number of unbranched alkanes of at least 4 members (excludes halogenated alkanes) is 2. The molecule has 0 bridgehead atoms. The van der Waals surface area contributed by atoms with Crippen LogP contribution in [-0.4, -0.2) is 42.9 Å². The molecule has 2 N–H and O–H groups in total. The summed E-state index contributed by atoms with van der Waals surface area (Å²) in [7, 11) is 0. The average molecular weight is 451 g/mol. The first-order valence-electron chi connectivity index (χ1n) is 12.3. The van der Waals surface area contributed by atoms with Crippen LogP contribution in [0.15, 0.2) is 48.5 Å². The number of nitrogens with one attached hydrogen (secondary N) is 2. The molecule has 0 aromatic heterocycles. The summed E-state index contributed by atoms with van der Waals surface area (Å²) in [6, 6.07) is 16.7. The summed E-state index contributed by atoms with van der Waals surface area (Å²) < 4.78 is 0. The Labute approximate surface area is 198 Å². The van der Waals surface area contributed by atoms with E-state index in [9.17, 15) is 9.59 Å². The van der Waals surface area contributed by atoms with Crippen molar-refractivity contribution in [2.45, 2.75) is 53.0 Å². The summed E-state index contributed by atoms with van der Waals surface area (Å²) in [6.07, 6.45) is 4.06. The van der Waals surface area contributed by atoms with E-state index in [1.165, 1.54) is 24.9 Å². The lowest BCUT2D eigenvalue weighted by Crippen LogP contribution is -2.32. The number of carbonyl (C=O) groups is 2. The van der Waals surface area contributed by atoms with Crippen molar-refractivity contribution in [1.29, 1.82) is 0 Å². The Morgan fingerprint density at radius 3 is 2.24 bits per heavy atom. The van der Waals surface area contributed by atoms with Gasteiger partial charge in [0, 0.05) is 56.2 Å². The second kappa shape index (κ2) is 12.3. The van der Waals surface area contributed by atoms with Crippen LogP contribution in [0.1, 0.15) is 52.0 Å². The van der Waals surface area contributed by atoms with Gasteiger partial charge >= 0.3 is 0 Å². The third kappa shape index (κ3) is 6.98. The van der Waals surface area contributed by atoms with Gasteiger partial charge < -0.3 is 20.4 Å². The van der Waals surface area contributed by atoms with E-state index in [2.05, 4.69) is 53.6 Å². The fraction of sp³-hybridized carbons (Fsp3) is 0.481. The van der Waals surface area contributed by atoms with Crippen molar-refractivity contribution in [2.75, 3.05) is 36.4 Å². The van der Waals surface area contributed by atoms with E-state index in [1.807, 2.05) is 31.2 Å². The van der Waals surface area contributed by atoms with E-state index in [0.717, 1.165) is 30.0 Å². The summed E-state index contributed by atoms with van der Waals surface area (Å²) >= 11 is 0. The maximum Gasteiger partial charge on any atom is 0.225 e. The maximum absolute atomic E-state index is 12.4. The fourth-order valence-corrected chi connectivity index (χ4v) is 4.24. The van der Waals surface area contributed by atoms with Crippen molar-refractivity contribution in [1.82, 2.24) is 10.2 Å². The number of anilines is 3. The number of likely N-dealkylation sites (tertiary alicyclic amines) is 1. The Kier molecular flexibility index (Phi) is 9.16. The van der Waals surface area contributed by atoms with E-state index in [4.69, 9.17) is 0 Å². The molecule has 1 atom stereocenters. The van der Waals surface area contributed by atoms with Crippen LogP contribution in [0.4, 0.5) is 17.1 Å². The number of carbonyl (C=O) groups excluding carboxylic acids is 2. The summed E-state index contributed by atoms with van der Waals surface area (Å²) in [5.41, 5.74) is 4.35. The molecule has 33 heavy (non-hydrogen) atoms. The van der Waals surface area contributed by atoms with Gasteiger partial charge in [0.25, 0.3) is 0 Å². The molecule has 1 fully saturated rings. The van der Waals surface area contributed by atoms with Crippen molar-refractivity contribution in [3.8, 4) is 0 Å². The molecule has 1 aliphatic rings. The van der Waals surface area contributed by atoms with Crippen molar-refractivity contribution >= 4 is 28.9 Å². The lowest BCUT2D eigenvalue weighted by Gasteiger charge is -2.23. The summed E-state index contributed by atoms with van der Waals surface area (Å²) in [5.74, 6) is -0.214. The van der Waals surface area contributed by atoms with Gasteiger partial charge in [0.1, 0.15) is 0 Å². The van der Waals surface area contributed by atoms with Gasteiger partial charge in [-0.3, -0.25) is 9.59 Å². The number of hydrogen-bond acceptors (Lipinski definition) is 4. The lowest BCUT2D eigenvalue weighted by molar-refractivity contribution is -0.128. The first kappa shape index (κ1) is 24.6. The average Bonchev–Trinajstić information content (AvgIpc) is 3.22. The van der Waals surface area contributed by atoms with Gasteiger partial charge in [-0.25, -0.2) is 0 Å². The smallest absolute Gasteiger partial charge is 0.225 e. The number of hydrogen-bond donors (Lipinski definition) is 2. The summed E-state index contributed by atoms with van der Waals surface area (Å²) in [6.45, 7) is 10.2. The van der Waals surface area contributed by atoms with Crippen LogP contribution < -0.4 is 15.5 Å². The minimum atomic E-state index is -0.239. The molecular weight excluding hydrogens is 412 g/mol. The molecule has 0 spiro atoms. The third-order valence-electron chi connectivity index (χ3n) is 6.32. The standard InChI is InChI=1S/C27H38N4O2/c1-4-7-8-17-30(5-2)25-15-13-24(14-16-25)29-23-11-9-21(10-12-23)19-28-27(33)22-18-26(32)31(6-3)20-22/h9-16,22,29H,4-8,17-20H2,1-3H3,(H,28,33). The van der Waals surface area contributed by atoms with E-state index in [1.54, 1.807) is 4.90 Å². The summed E-state index contributed by atoms with van der Waals surface area (Å²) in [4.78, 5) is 28.4. The minimum Gasteiger partial charge on any atom is -0.372 e. The van der Waals surface area contributed by atoms with Gasteiger partial charge in [-0.05, 0) is 62.2 Å². The fourth-order valence-electron chi connectivity index (χ4n) is 4.24. The molecule has 0 saturated carbocycles. The van der Waals surface area contributed by atoms with Crippen LogP contribution in [0.2, 0.25) is 0 Å². The highest BCUT2D eigenvalue weighted by atomic mass is 16.2. The largest absolute Gasteiger partial charge is 0.372 e. The zero-order chi connectivity index (χ0) is 23.6. The SMILES string of the molecule is CCCCCN(CC)c1ccc(Nc2ccc(CNC(=O)C3CC(=O)N(CC)C3)cc2)cc1. The van der Waals surface area contributed by atoms with Crippen LogP contribution in [0, 0.1) is 5.92 Å². The molecule has 1 heterocycles. The van der Waals surface area contributed by atoms with E-state index in [-0.39, 0.29) is 17.7 Å². The predicted octanol–water partition coefficient (Wildman–Crippen LogP) is 4.93. The van der Waals surface area contributed by atoms with Gasteiger partial charge in [-0.1, -0.05) is 31.9 Å². The van der Waals surface area contributed by atoms with Gasteiger partial charge in [0.15, 0.2) is 0 Å². The minimum absolute atomic E-state index is 0.0441. The molecule has 2 aromatic carbocycles. The topological polar surface area (TPSA) is 64.7 Å². The molecule has 2 amide bonds. The summed E-state index contributed by atoms with van der Waals surface area (Å²) in [5, 5.41) is 6.42. The van der Waals surface area contributed by atoms with Crippen LogP contribution in [-0.2, 0) is 16.1 Å². The number of rotatable bonds is 12. The highest BCUT2D eigenvalue weighted by Crippen LogP contribution is 2.22. The molecule has 1 saturated heterocycles. The van der Waals surface area contributed by atoms with Crippen molar-refractivity contribution in [2.24, 2.45) is 5.92 Å². The van der Waals surface area contributed by atoms with E-state index in [0.29, 0.717) is 26.1 Å². The number of nitrogens with zero attached hydrogens (tertiary/aromatic N) is 2. The van der Waals surface area contributed by atoms with Crippen molar-refractivity contribution in [3.05, 3.63) is 54.1 Å². The Hall–Kier alpha value is -3.02. The quantitative estimate of drug-likeness (QED) is 0.450. The molecule has 0 aliphatic carbocycles. The molecule has 0 radical (unpaired) electrons. The Bertz CT molecular complexity index is 895. The van der Waals surface area contributed by atoms with Gasteiger partial charge in [0.05, 0.1) is 5.92 Å². The van der Waals surface area contributed by atoms with Crippen LogP contribution in [0.25, 0.3) is 0 Å². The van der Waals surface area contributed by atoms with Crippen molar-refractivity contribution in [3.63, 3.8) is 0 Å². The second-order valence-electron chi connectivity index (χ2n) is 8.71. The van der Waals surface area contributed by atoms with E-state index >= 15 is 0 Å². The zero-order valence-electron chi connectivity index (χ0n) is 20.3. The monoisotopic (exact) mass is 450 g/mol. The molecule has 6 heteroatoms. The molecule has 178 valence electrons. The Morgan fingerprint density at radius 1 is 1.00 bits per heavy atom. The zero-order valence-corrected chi connectivity index (χ0v) is 20.3. The van der Waals surface area contributed by atoms with Gasteiger partial charge in [-0.15, -0.1) is 0 Å². The third-order valence-corrected chi connectivity index (χ3v) is 6.32. The van der Waals surface area contributed by atoms with Gasteiger partial charge in [0.2, 0.25) is 11.8 Å². The van der Waals surface area contributed by atoms with Crippen LogP contribution >= 0.6 is 0 Å².